The first-order chi connectivity index (χ1) is 10.0. The van der Waals surface area contributed by atoms with E-state index in [1.165, 1.54) is 12.1 Å². The number of rotatable bonds is 8. The molecule has 1 amide bonds. The second kappa shape index (κ2) is 8.21. The number of anilines is 1. The summed E-state index contributed by atoms with van der Waals surface area (Å²) in [6.45, 7) is 5.24. The second-order valence-corrected chi connectivity index (χ2v) is 4.76. The standard InChI is InChI=1S/C14H21N3O4/c1-4-15-13-11(6-5-7-12(13)17(19)20)14(18)16-8-10(2)9-21-3/h5-7,10,15H,4,8-9H2,1-3H3,(H,16,18). The lowest BCUT2D eigenvalue weighted by molar-refractivity contribution is -0.384. The van der Waals surface area contributed by atoms with E-state index in [4.69, 9.17) is 4.74 Å². The fourth-order valence-electron chi connectivity index (χ4n) is 1.95. The van der Waals surface area contributed by atoms with Gasteiger partial charge in [-0.15, -0.1) is 0 Å². The Kier molecular flexibility index (Phi) is 6.61. The Bertz CT molecular complexity index is 505. The lowest BCUT2D eigenvalue weighted by Gasteiger charge is -2.14. The van der Waals surface area contributed by atoms with E-state index in [1.807, 2.05) is 13.8 Å². The van der Waals surface area contributed by atoms with E-state index < -0.39 is 4.92 Å². The summed E-state index contributed by atoms with van der Waals surface area (Å²) >= 11 is 0. The summed E-state index contributed by atoms with van der Waals surface area (Å²) in [4.78, 5) is 22.8. The van der Waals surface area contributed by atoms with Crippen molar-refractivity contribution in [2.24, 2.45) is 5.92 Å². The highest BCUT2D eigenvalue weighted by Crippen LogP contribution is 2.28. The van der Waals surface area contributed by atoms with Gasteiger partial charge in [0.1, 0.15) is 5.69 Å². The molecule has 0 aliphatic heterocycles. The summed E-state index contributed by atoms with van der Waals surface area (Å²) in [6, 6.07) is 4.45. The number of ether oxygens (including phenoxy) is 1. The van der Waals surface area contributed by atoms with Gasteiger partial charge in [0.15, 0.2) is 0 Å². The van der Waals surface area contributed by atoms with Gasteiger partial charge in [-0.1, -0.05) is 13.0 Å². The number of amides is 1. The Labute approximate surface area is 123 Å². The van der Waals surface area contributed by atoms with Crippen molar-refractivity contribution in [3.63, 3.8) is 0 Å². The number of nitrogens with one attached hydrogen (secondary N) is 2. The van der Waals surface area contributed by atoms with E-state index in [2.05, 4.69) is 10.6 Å². The quantitative estimate of drug-likeness (QED) is 0.565. The van der Waals surface area contributed by atoms with E-state index in [-0.39, 0.29) is 28.8 Å². The van der Waals surface area contributed by atoms with E-state index in [9.17, 15) is 14.9 Å². The summed E-state index contributed by atoms with van der Waals surface area (Å²) in [5.41, 5.74) is 0.423. The molecule has 0 spiro atoms. The third-order valence-electron chi connectivity index (χ3n) is 2.90. The molecular weight excluding hydrogens is 274 g/mol. The number of nitro benzene ring substituents is 1. The van der Waals surface area contributed by atoms with Gasteiger partial charge in [-0.05, 0) is 18.9 Å². The first-order valence-electron chi connectivity index (χ1n) is 6.79. The van der Waals surface area contributed by atoms with Crippen LogP contribution in [0.2, 0.25) is 0 Å². The average molecular weight is 295 g/mol. The monoisotopic (exact) mass is 295 g/mol. The van der Waals surface area contributed by atoms with Crippen LogP contribution in [0.25, 0.3) is 0 Å². The average Bonchev–Trinajstić information content (AvgIpc) is 2.45. The van der Waals surface area contributed by atoms with Crippen LogP contribution in [-0.4, -0.2) is 37.6 Å². The second-order valence-electron chi connectivity index (χ2n) is 4.76. The molecular formula is C14H21N3O4. The number of carbonyl (C=O) groups excluding carboxylic acids is 1. The molecule has 1 rings (SSSR count). The van der Waals surface area contributed by atoms with Crippen molar-refractivity contribution >= 4 is 17.3 Å². The maximum absolute atomic E-state index is 12.2. The smallest absolute Gasteiger partial charge is 0.293 e. The molecule has 0 radical (unpaired) electrons. The van der Waals surface area contributed by atoms with Gasteiger partial charge in [-0.3, -0.25) is 14.9 Å². The van der Waals surface area contributed by atoms with Crippen LogP contribution in [0.4, 0.5) is 11.4 Å². The molecule has 1 aromatic carbocycles. The Hall–Kier alpha value is -2.15. The zero-order valence-corrected chi connectivity index (χ0v) is 12.5. The summed E-state index contributed by atoms with van der Waals surface area (Å²) in [5.74, 6) is -0.169. The lowest BCUT2D eigenvalue weighted by atomic mass is 10.1. The van der Waals surface area contributed by atoms with Crippen molar-refractivity contribution in [2.75, 3.05) is 32.1 Å². The van der Waals surface area contributed by atoms with Gasteiger partial charge < -0.3 is 15.4 Å². The number of nitrogens with zero attached hydrogens (tertiary/aromatic N) is 1. The molecule has 116 valence electrons. The number of hydrogen-bond donors (Lipinski definition) is 2. The third kappa shape index (κ3) is 4.71. The number of nitro groups is 1. The van der Waals surface area contributed by atoms with Gasteiger partial charge in [-0.2, -0.15) is 0 Å². The third-order valence-corrected chi connectivity index (χ3v) is 2.90. The molecule has 21 heavy (non-hydrogen) atoms. The summed E-state index contributed by atoms with van der Waals surface area (Å²) in [5, 5.41) is 16.7. The van der Waals surface area contributed by atoms with Crippen molar-refractivity contribution in [3.8, 4) is 0 Å². The molecule has 0 heterocycles. The predicted octanol–water partition coefficient (Wildman–Crippen LogP) is 2.04. The molecule has 0 saturated carbocycles. The molecule has 7 nitrogen and oxygen atoms in total. The van der Waals surface area contributed by atoms with Gasteiger partial charge in [0, 0.05) is 26.3 Å². The van der Waals surface area contributed by atoms with Crippen molar-refractivity contribution in [1.82, 2.24) is 5.32 Å². The molecule has 0 bridgehead atoms. The zero-order chi connectivity index (χ0) is 15.8. The highest BCUT2D eigenvalue weighted by atomic mass is 16.6. The topological polar surface area (TPSA) is 93.5 Å². The van der Waals surface area contributed by atoms with Crippen molar-refractivity contribution in [2.45, 2.75) is 13.8 Å². The molecule has 0 saturated heterocycles. The zero-order valence-electron chi connectivity index (χ0n) is 12.5. The van der Waals surface area contributed by atoms with E-state index >= 15 is 0 Å². The fraction of sp³-hybridized carbons (Fsp3) is 0.500. The normalized spacial score (nSPS) is 11.8. The molecule has 0 aliphatic rings. The van der Waals surface area contributed by atoms with Gasteiger partial charge in [-0.25, -0.2) is 0 Å². The minimum atomic E-state index is -0.498. The Morgan fingerprint density at radius 1 is 1.48 bits per heavy atom. The Balaban J connectivity index is 2.92. The lowest BCUT2D eigenvalue weighted by Crippen LogP contribution is -2.30. The van der Waals surface area contributed by atoms with Crippen LogP contribution in [0.15, 0.2) is 18.2 Å². The van der Waals surface area contributed by atoms with Crippen LogP contribution in [0.3, 0.4) is 0 Å². The maximum atomic E-state index is 12.2. The van der Waals surface area contributed by atoms with Crippen LogP contribution < -0.4 is 10.6 Å². The van der Waals surface area contributed by atoms with Crippen LogP contribution in [0, 0.1) is 16.0 Å². The first kappa shape index (κ1) is 16.9. The van der Waals surface area contributed by atoms with Crippen molar-refractivity contribution in [1.29, 1.82) is 0 Å². The maximum Gasteiger partial charge on any atom is 0.293 e. The van der Waals surface area contributed by atoms with E-state index in [0.29, 0.717) is 19.7 Å². The number of benzene rings is 1. The van der Waals surface area contributed by atoms with Crippen LogP contribution in [0.1, 0.15) is 24.2 Å². The largest absolute Gasteiger partial charge is 0.384 e. The molecule has 7 heteroatoms. The van der Waals surface area contributed by atoms with Crippen LogP contribution >= 0.6 is 0 Å². The van der Waals surface area contributed by atoms with Crippen LogP contribution in [-0.2, 0) is 4.74 Å². The van der Waals surface area contributed by atoms with Crippen molar-refractivity contribution < 1.29 is 14.5 Å². The molecule has 2 N–H and O–H groups in total. The summed E-state index contributed by atoms with van der Waals surface area (Å²) in [7, 11) is 1.60. The summed E-state index contributed by atoms with van der Waals surface area (Å²) in [6.07, 6.45) is 0. The van der Waals surface area contributed by atoms with Gasteiger partial charge >= 0.3 is 0 Å². The highest BCUT2D eigenvalue weighted by Gasteiger charge is 2.21. The first-order valence-corrected chi connectivity index (χ1v) is 6.79. The number of carbonyl (C=O) groups is 1. The van der Waals surface area contributed by atoms with Gasteiger partial charge in [0.2, 0.25) is 0 Å². The minimum Gasteiger partial charge on any atom is -0.384 e. The SMILES string of the molecule is CCNc1c(C(=O)NCC(C)COC)cccc1[N+](=O)[O-]. The Morgan fingerprint density at radius 3 is 2.76 bits per heavy atom. The number of methoxy groups -OCH3 is 1. The van der Waals surface area contributed by atoms with Crippen molar-refractivity contribution in [3.05, 3.63) is 33.9 Å². The highest BCUT2D eigenvalue weighted by molar-refractivity contribution is 6.01. The van der Waals surface area contributed by atoms with Crippen LogP contribution in [0.5, 0.6) is 0 Å². The number of hydrogen-bond acceptors (Lipinski definition) is 5. The molecule has 0 aromatic heterocycles. The Morgan fingerprint density at radius 2 is 2.19 bits per heavy atom. The predicted molar refractivity (Wildman–Crippen MR) is 80.6 cm³/mol. The molecule has 0 fully saturated rings. The fourth-order valence-corrected chi connectivity index (χ4v) is 1.95. The molecule has 0 aliphatic carbocycles. The minimum absolute atomic E-state index is 0.102. The van der Waals surface area contributed by atoms with E-state index in [0.717, 1.165) is 0 Å². The molecule has 1 aromatic rings. The number of para-hydroxylation sites is 1. The molecule has 1 unspecified atom stereocenters. The van der Waals surface area contributed by atoms with Gasteiger partial charge in [0.05, 0.1) is 17.1 Å². The summed E-state index contributed by atoms with van der Waals surface area (Å²) < 4.78 is 5.00. The van der Waals surface area contributed by atoms with Gasteiger partial charge in [0.25, 0.3) is 11.6 Å². The van der Waals surface area contributed by atoms with E-state index in [1.54, 1.807) is 13.2 Å². The molecule has 1 atom stereocenters.